The molecule has 1 aromatic heterocycles. The molecule has 0 unspecified atom stereocenters. The molecule has 162 valence electrons. The van der Waals surface area contributed by atoms with Crippen molar-refractivity contribution in [2.24, 2.45) is 0 Å². The Kier molecular flexibility index (Phi) is 5.19. The number of benzene rings is 4. The van der Waals surface area contributed by atoms with E-state index >= 15 is 0 Å². The minimum atomic E-state index is 0.215. The maximum Gasteiger partial charge on any atom is 0.115 e. The lowest BCUT2D eigenvalue weighted by Gasteiger charge is -2.14. The Labute approximate surface area is 193 Å². The fourth-order valence-electron chi connectivity index (χ4n) is 4.14. The van der Waals surface area contributed by atoms with Gasteiger partial charge in [-0.05, 0) is 85.1 Å². The first-order valence-electron chi connectivity index (χ1n) is 10.9. The van der Waals surface area contributed by atoms with Gasteiger partial charge < -0.3 is 10.2 Å². The van der Waals surface area contributed by atoms with Gasteiger partial charge in [0, 0.05) is 16.7 Å². The maximum absolute atomic E-state index is 9.92. The zero-order valence-electron chi connectivity index (χ0n) is 18.5. The second-order valence-corrected chi connectivity index (χ2v) is 8.16. The van der Waals surface area contributed by atoms with Gasteiger partial charge in [0.15, 0.2) is 0 Å². The molecular formula is C29H24N2O2. The number of rotatable bonds is 4. The minimum Gasteiger partial charge on any atom is -0.508 e. The van der Waals surface area contributed by atoms with Gasteiger partial charge in [0.1, 0.15) is 17.2 Å². The number of hydrogen-bond acceptors (Lipinski definition) is 3. The topological polar surface area (TPSA) is 58.3 Å². The Balaban J connectivity index is 1.90. The van der Waals surface area contributed by atoms with Gasteiger partial charge in [-0.25, -0.2) is 4.68 Å². The van der Waals surface area contributed by atoms with Crippen LogP contribution < -0.4 is 0 Å². The highest BCUT2D eigenvalue weighted by molar-refractivity contribution is 5.92. The Morgan fingerprint density at radius 2 is 1.21 bits per heavy atom. The molecule has 4 nitrogen and oxygen atoms in total. The molecule has 5 rings (SSSR count). The van der Waals surface area contributed by atoms with Crippen molar-refractivity contribution in [2.75, 3.05) is 0 Å². The van der Waals surface area contributed by atoms with Gasteiger partial charge in [-0.1, -0.05) is 42.5 Å². The molecule has 0 spiro atoms. The molecule has 5 aromatic rings. The number of aromatic nitrogens is 2. The summed E-state index contributed by atoms with van der Waals surface area (Å²) < 4.78 is 2.00. The highest BCUT2D eigenvalue weighted by atomic mass is 16.3. The number of nitrogens with zero attached hydrogens (tertiary/aromatic N) is 2. The van der Waals surface area contributed by atoms with Gasteiger partial charge in [0.25, 0.3) is 0 Å². The molecule has 0 saturated heterocycles. The Hall–Kier alpha value is -4.31. The van der Waals surface area contributed by atoms with Crippen molar-refractivity contribution in [3.8, 4) is 50.8 Å². The molecule has 0 aliphatic rings. The van der Waals surface area contributed by atoms with Crippen molar-refractivity contribution < 1.29 is 10.2 Å². The maximum atomic E-state index is 9.92. The lowest BCUT2D eigenvalue weighted by atomic mass is 9.95. The van der Waals surface area contributed by atoms with Crippen LogP contribution >= 0.6 is 0 Å². The molecule has 4 aromatic carbocycles. The minimum absolute atomic E-state index is 0.215. The van der Waals surface area contributed by atoms with Crippen molar-refractivity contribution in [2.45, 2.75) is 13.8 Å². The summed E-state index contributed by atoms with van der Waals surface area (Å²) >= 11 is 0. The van der Waals surface area contributed by atoms with Crippen molar-refractivity contribution in [3.05, 3.63) is 108 Å². The predicted molar refractivity (Wildman–Crippen MR) is 133 cm³/mol. The molecule has 1 heterocycles. The van der Waals surface area contributed by atoms with E-state index in [1.165, 1.54) is 5.56 Å². The van der Waals surface area contributed by atoms with Crippen LogP contribution in [-0.2, 0) is 0 Å². The van der Waals surface area contributed by atoms with E-state index in [0.29, 0.717) is 0 Å². The van der Waals surface area contributed by atoms with E-state index in [1.807, 2.05) is 53.2 Å². The number of aryl methyl sites for hydroxylation is 1. The average molecular weight is 433 g/mol. The normalized spacial score (nSPS) is 11.0. The van der Waals surface area contributed by atoms with Crippen molar-refractivity contribution >= 4 is 0 Å². The summed E-state index contributed by atoms with van der Waals surface area (Å²) in [6.45, 7) is 4.21. The first kappa shape index (κ1) is 20.6. The molecule has 0 aliphatic carbocycles. The third kappa shape index (κ3) is 3.76. The summed E-state index contributed by atoms with van der Waals surface area (Å²) in [6, 6.07) is 30.8. The summed E-state index contributed by atoms with van der Waals surface area (Å²) in [5.74, 6) is 0.435. The van der Waals surface area contributed by atoms with Crippen molar-refractivity contribution in [1.29, 1.82) is 0 Å². The number of aromatic hydroxyl groups is 2. The fraction of sp³-hybridized carbons (Fsp3) is 0.0690. The summed E-state index contributed by atoms with van der Waals surface area (Å²) in [6.07, 6.45) is 0. The van der Waals surface area contributed by atoms with Gasteiger partial charge in [-0.3, -0.25) is 0 Å². The first-order chi connectivity index (χ1) is 16.0. The van der Waals surface area contributed by atoms with Gasteiger partial charge in [0.2, 0.25) is 0 Å². The molecule has 33 heavy (non-hydrogen) atoms. The number of hydrogen-bond donors (Lipinski definition) is 2. The van der Waals surface area contributed by atoms with Crippen LogP contribution in [-0.4, -0.2) is 20.0 Å². The van der Waals surface area contributed by atoms with E-state index in [-0.39, 0.29) is 11.5 Å². The third-order valence-electron chi connectivity index (χ3n) is 6.03. The molecule has 4 heteroatoms. The second kappa shape index (κ2) is 8.32. The zero-order chi connectivity index (χ0) is 22.9. The van der Waals surface area contributed by atoms with Crippen LogP contribution in [0, 0.1) is 13.8 Å². The van der Waals surface area contributed by atoms with Gasteiger partial charge in [0.05, 0.1) is 11.4 Å². The van der Waals surface area contributed by atoms with Crippen LogP contribution in [0.4, 0.5) is 0 Å². The summed E-state index contributed by atoms with van der Waals surface area (Å²) in [5.41, 5.74) is 9.00. The fourth-order valence-corrected chi connectivity index (χ4v) is 4.14. The van der Waals surface area contributed by atoms with E-state index in [4.69, 9.17) is 5.10 Å². The molecule has 0 atom stereocenters. The lowest BCUT2D eigenvalue weighted by Crippen LogP contribution is -2.03. The van der Waals surface area contributed by atoms with Crippen LogP contribution in [0.3, 0.4) is 0 Å². The Bertz CT molecular complexity index is 1420. The Morgan fingerprint density at radius 1 is 0.606 bits per heavy atom. The number of phenols is 2. The number of phenolic OH excluding ortho intramolecular Hbond substituents is 2. The molecule has 0 saturated carbocycles. The van der Waals surface area contributed by atoms with Gasteiger partial charge in [-0.15, -0.1) is 0 Å². The zero-order valence-corrected chi connectivity index (χ0v) is 18.5. The SMILES string of the molecule is Cc1cccc(-n2nc(-c3ccc(O)cc3)c(-c3ccccc3)c2-c2ccc(O)cc2)c1C. The van der Waals surface area contributed by atoms with E-state index in [0.717, 1.165) is 44.9 Å². The molecule has 0 amide bonds. The predicted octanol–water partition coefficient (Wildman–Crippen LogP) is 6.90. The monoisotopic (exact) mass is 432 g/mol. The second-order valence-electron chi connectivity index (χ2n) is 8.16. The average Bonchev–Trinajstić information content (AvgIpc) is 3.23. The van der Waals surface area contributed by atoms with E-state index in [1.54, 1.807) is 24.3 Å². The first-order valence-corrected chi connectivity index (χ1v) is 10.9. The quantitative estimate of drug-likeness (QED) is 0.325. The lowest BCUT2D eigenvalue weighted by molar-refractivity contribution is 0.475. The Morgan fingerprint density at radius 3 is 1.85 bits per heavy atom. The van der Waals surface area contributed by atoms with Gasteiger partial charge in [-0.2, -0.15) is 5.10 Å². The standard InChI is InChI=1S/C29H24N2O2/c1-19-7-6-10-26(20(19)2)31-29(23-13-17-25(33)18-14-23)27(21-8-4-3-5-9-21)28(30-31)22-11-15-24(32)16-12-22/h3-18,32-33H,1-2H3. The summed E-state index contributed by atoms with van der Waals surface area (Å²) in [4.78, 5) is 0. The summed E-state index contributed by atoms with van der Waals surface area (Å²) in [7, 11) is 0. The van der Waals surface area contributed by atoms with Crippen molar-refractivity contribution in [1.82, 2.24) is 9.78 Å². The third-order valence-corrected chi connectivity index (χ3v) is 6.03. The van der Waals surface area contributed by atoms with Crippen LogP contribution in [0.2, 0.25) is 0 Å². The van der Waals surface area contributed by atoms with Gasteiger partial charge >= 0.3 is 0 Å². The molecule has 0 aliphatic heterocycles. The van der Waals surface area contributed by atoms with Crippen molar-refractivity contribution in [3.63, 3.8) is 0 Å². The van der Waals surface area contributed by atoms with E-state index in [2.05, 4.69) is 38.1 Å². The molecule has 0 bridgehead atoms. The van der Waals surface area contributed by atoms with Crippen LogP contribution in [0.5, 0.6) is 11.5 Å². The van der Waals surface area contributed by atoms with E-state index in [9.17, 15) is 10.2 Å². The largest absolute Gasteiger partial charge is 0.508 e. The molecule has 2 N–H and O–H groups in total. The molecule has 0 fully saturated rings. The molecular weight excluding hydrogens is 408 g/mol. The van der Waals surface area contributed by atoms with E-state index < -0.39 is 0 Å². The summed E-state index contributed by atoms with van der Waals surface area (Å²) in [5, 5.41) is 24.9. The van der Waals surface area contributed by atoms with Crippen LogP contribution in [0.15, 0.2) is 97.1 Å². The smallest absolute Gasteiger partial charge is 0.115 e. The molecule has 0 radical (unpaired) electrons. The highest BCUT2D eigenvalue weighted by Crippen LogP contribution is 2.42. The highest BCUT2D eigenvalue weighted by Gasteiger charge is 2.24. The van der Waals surface area contributed by atoms with Crippen LogP contribution in [0.25, 0.3) is 39.3 Å². The van der Waals surface area contributed by atoms with Crippen LogP contribution in [0.1, 0.15) is 11.1 Å².